The molecule has 2 aromatic rings. The number of aryl methyl sites for hydroxylation is 1. The summed E-state index contributed by atoms with van der Waals surface area (Å²) in [5, 5.41) is 8.42. The van der Waals surface area contributed by atoms with Crippen LogP contribution >= 0.6 is 31.9 Å². The molecule has 0 saturated carbocycles. The summed E-state index contributed by atoms with van der Waals surface area (Å²) in [6, 6.07) is 13.9. The van der Waals surface area contributed by atoms with Crippen molar-refractivity contribution < 1.29 is 0 Å². The zero-order valence-corrected chi connectivity index (χ0v) is 13.1. The number of azo groups is 1. The quantitative estimate of drug-likeness (QED) is 0.612. The van der Waals surface area contributed by atoms with Gasteiger partial charge in [0.15, 0.2) is 0 Å². The first-order valence-electron chi connectivity index (χ1n) is 5.54. The van der Waals surface area contributed by atoms with E-state index in [4.69, 9.17) is 0 Å². The monoisotopic (exact) mass is 366 g/mol. The summed E-state index contributed by atoms with van der Waals surface area (Å²) in [5.74, 6) is 0. The van der Waals surface area contributed by atoms with E-state index >= 15 is 0 Å². The van der Waals surface area contributed by atoms with E-state index in [9.17, 15) is 0 Å². The minimum absolute atomic E-state index is 0.552. The van der Waals surface area contributed by atoms with Crippen molar-refractivity contribution in [3.8, 4) is 0 Å². The lowest BCUT2D eigenvalue weighted by atomic mass is 10.1. The van der Waals surface area contributed by atoms with Crippen LogP contribution in [0, 0.1) is 6.92 Å². The molecule has 0 aliphatic heterocycles. The molecule has 2 rings (SSSR count). The van der Waals surface area contributed by atoms with Gasteiger partial charge in [-0.15, -0.1) is 0 Å². The molecule has 0 N–H and O–H groups in total. The molecule has 0 unspecified atom stereocenters. The third kappa shape index (κ3) is 3.50. The van der Waals surface area contributed by atoms with Gasteiger partial charge in [0.2, 0.25) is 0 Å². The van der Waals surface area contributed by atoms with Crippen LogP contribution in [-0.2, 0) is 6.54 Å². The zero-order valence-electron chi connectivity index (χ0n) is 9.90. The summed E-state index contributed by atoms with van der Waals surface area (Å²) in [6.07, 6.45) is 0. The van der Waals surface area contributed by atoms with Crippen molar-refractivity contribution in [2.75, 3.05) is 0 Å². The predicted octanol–water partition coefficient (Wildman–Crippen LogP) is 5.80. The molecule has 2 nitrogen and oxygen atoms in total. The van der Waals surface area contributed by atoms with Crippen molar-refractivity contribution in [2.45, 2.75) is 13.5 Å². The normalized spacial score (nSPS) is 11.1. The average Bonchev–Trinajstić information content (AvgIpc) is 2.34. The first-order valence-corrected chi connectivity index (χ1v) is 7.12. The Labute approximate surface area is 123 Å². The van der Waals surface area contributed by atoms with E-state index in [1.807, 2.05) is 30.3 Å². The summed E-state index contributed by atoms with van der Waals surface area (Å²) in [6.45, 7) is 2.61. The van der Waals surface area contributed by atoms with Crippen molar-refractivity contribution in [1.82, 2.24) is 0 Å². The van der Waals surface area contributed by atoms with Crippen LogP contribution < -0.4 is 0 Å². The van der Waals surface area contributed by atoms with Crippen LogP contribution in [-0.4, -0.2) is 0 Å². The maximum Gasteiger partial charge on any atom is 0.0875 e. The van der Waals surface area contributed by atoms with Crippen LogP contribution in [0.3, 0.4) is 0 Å². The van der Waals surface area contributed by atoms with Gasteiger partial charge in [0.25, 0.3) is 0 Å². The zero-order chi connectivity index (χ0) is 13.0. The van der Waals surface area contributed by atoms with Gasteiger partial charge in [-0.25, -0.2) is 0 Å². The fourth-order valence-corrected chi connectivity index (χ4v) is 3.23. The van der Waals surface area contributed by atoms with Gasteiger partial charge in [-0.2, -0.15) is 10.2 Å². The van der Waals surface area contributed by atoms with Gasteiger partial charge in [-0.05, 0) is 36.8 Å². The second kappa shape index (κ2) is 6.25. The molecular formula is C14H12Br2N2. The number of benzene rings is 2. The predicted molar refractivity (Wildman–Crippen MR) is 81.2 cm³/mol. The maximum atomic E-state index is 4.23. The third-order valence-electron chi connectivity index (χ3n) is 2.46. The molecule has 0 saturated heterocycles. The molecule has 0 amide bonds. The van der Waals surface area contributed by atoms with Gasteiger partial charge in [-0.3, -0.25) is 0 Å². The second-order valence-electron chi connectivity index (χ2n) is 3.94. The average molecular weight is 368 g/mol. The lowest BCUT2D eigenvalue weighted by Gasteiger charge is -2.05. The minimum Gasteiger partial charge on any atom is -0.184 e. The van der Waals surface area contributed by atoms with E-state index in [0.717, 1.165) is 20.2 Å². The number of hydrogen-bond donors (Lipinski definition) is 0. The Morgan fingerprint density at radius 1 is 1.00 bits per heavy atom. The van der Waals surface area contributed by atoms with Crippen molar-refractivity contribution >= 4 is 37.5 Å². The van der Waals surface area contributed by atoms with Crippen LogP contribution in [0.4, 0.5) is 5.69 Å². The summed E-state index contributed by atoms with van der Waals surface area (Å²) in [7, 11) is 0. The fraction of sp³-hybridized carbons (Fsp3) is 0.143. The van der Waals surface area contributed by atoms with Gasteiger partial charge in [0.05, 0.1) is 12.2 Å². The lowest BCUT2D eigenvalue weighted by molar-refractivity contribution is 0.947. The summed E-state index contributed by atoms with van der Waals surface area (Å²) >= 11 is 7.11. The molecule has 18 heavy (non-hydrogen) atoms. The molecule has 0 atom stereocenters. The molecule has 0 bridgehead atoms. The Morgan fingerprint density at radius 3 is 2.22 bits per heavy atom. The molecule has 92 valence electrons. The molecule has 0 heterocycles. The Morgan fingerprint density at radius 2 is 1.61 bits per heavy atom. The van der Waals surface area contributed by atoms with Crippen LogP contribution in [0.15, 0.2) is 61.6 Å². The number of nitrogens with zero attached hydrogens (tertiary/aromatic N) is 2. The van der Waals surface area contributed by atoms with Crippen molar-refractivity contribution in [3.05, 3.63) is 62.5 Å². The van der Waals surface area contributed by atoms with E-state index in [-0.39, 0.29) is 0 Å². The highest BCUT2D eigenvalue weighted by atomic mass is 79.9. The van der Waals surface area contributed by atoms with Crippen LogP contribution in [0.2, 0.25) is 0 Å². The topological polar surface area (TPSA) is 24.7 Å². The van der Waals surface area contributed by atoms with Crippen LogP contribution in [0.25, 0.3) is 0 Å². The third-order valence-corrected chi connectivity index (χ3v) is 3.87. The van der Waals surface area contributed by atoms with Gasteiger partial charge in [-0.1, -0.05) is 50.1 Å². The highest BCUT2D eigenvalue weighted by Crippen LogP contribution is 2.28. The fourth-order valence-electron chi connectivity index (χ4n) is 1.56. The van der Waals surface area contributed by atoms with E-state index in [0.29, 0.717) is 6.54 Å². The van der Waals surface area contributed by atoms with Crippen molar-refractivity contribution in [1.29, 1.82) is 0 Å². The lowest BCUT2D eigenvalue weighted by Crippen LogP contribution is -1.87. The van der Waals surface area contributed by atoms with Crippen molar-refractivity contribution in [2.24, 2.45) is 10.2 Å². The van der Waals surface area contributed by atoms with Gasteiger partial charge in [0, 0.05) is 14.5 Å². The number of hydrogen-bond acceptors (Lipinski definition) is 2. The smallest absolute Gasteiger partial charge is 0.0875 e. The number of halogens is 2. The highest BCUT2D eigenvalue weighted by molar-refractivity contribution is 9.11. The largest absolute Gasteiger partial charge is 0.184 e. The van der Waals surface area contributed by atoms with Gasteiger partial charge in [0.1, 0.15) is 0 Å². The van der Waals surface area contributed by atoms with Crippen LogP contribution in [0.1, 0.15) is 11.1 Å². The summed E-state index contributed by atoms with van der Waals surface area (Å²) in [4.78, 5) is 0. The molecule has 0 aromatic heterocycles. The molecule has 0 aliphatic rings. The molecule has 2 aromatic carbocycles. The van der Waals surface area contributed by atoms with E-state index in [1.54, 1.807) is 0 Å². The standard InChI is InChI=1S/C14H12Br2N2/c1-10-7-13(15)12(14(16)8-10)9-17-18-11-5-3-2-4-6-11/h2-8H,9H2,1H3. The second-order valence-corrected chi connectivity index (χ2v) is 5.65. The molecular weight excluding hydrogens is 356 g/mol. The molecule has 0 spiro atoms. The Balaban J connectivity index is 2.14. The summed E-state index contributed by atoms with van der Waals surface area (Å²) < 4.78 is 2.11. The summed E-state index contributed by atoms with van der Waals surface area (Å²) in [5.41, 5.74) is 3.19. The van der Waals surface area contributed by atoms with Crippen LogP contribution in [0.5, 0.6) is 0 Å². The first-order chi connectivity index (χ1) is 8.66. The van der Waals surface area contributed by atoms with E-state index < -0.39 is 0 Å². The van der Waals surface area contributed by atoms with E-state index in [2.05, 4.69) is 61.1 Å². The Bertz CT molecular complexity index is 542. The number of rotatable bonds is 3. The Kier molecular flexibility index (Phi) is 4.66. The van der Waals surface area contributed by atoms with Gasteiger partial charge >= 0.3 is 0 Å². The minimum atomic E-state index is 0.552. The van der Waals surface area contributed by atoms with Crippen molar-refractivity contribution in [3.63, 3.8) is 0 Å². The van der Waals surface area contributed by atoms with E-state index in [1.165, 1.54) is 5.56 Å². The molecule has 0 fully saturated rings. The highest BCUT2D eigenvalue weighted by Gasteiger charge is 2.05. The van der Waals surface area contributed by atoms with Gasteiger partial charge < -0.3 is 0 Å². The Hall–Kier alpha value is -1.00. The molecule has 0 aliphatic carbocycles. The molecule has 4 heteroatoms. The first kappa shape index (κ1) is 13.4. The molecule has 0 radical (unpaired) electrons. The SMILES string of the molecule is Cc1cc(Br)c(CN=Nc2ccccc2)c(Br)c1. The maximum absolute atomic E-state index is 4.23.